The lowest BCUT2D eigenvalue weighted by Gasteiger charge is -2.24. The topological polar surface area (TPSA) is 78.4 Å². The predicted octanol–water partition coefficient (Wildman–Crippen LogP) is 1.06. The van der Waals surface area contributed by atoms with Gasteiger partial charge in [0.15, 0.2) is 0 Å². The SMILES string of the molecule is CC(C)CC(CO)NC(=O)C(C)NC(=O)C(C)(C)C. The first kappa shape index (κ1) is 17.9. The van der Waals surface area contributed by atoms with Gasteiger partial charge in [-0.1, -0.05) is 34.6 Å². The van der Waals surface area contributed by atoms with Crippen molar-refractivity contribution in [3.63, 3.8) is 0 Å². The van der Waals surface area contributed by atoms with E-state index in [4.69, 9.17) is 0 Å². The molecule has 5 nitrogen and oxygen atoms in total. The quantitative estimate of drug-likeness (QED) is 0.676. The van der Waals surface area contributed by atoms with E-state index in [0.29, 0.717) is 12.3 Å². The molecule has 0 rings (SSSR count). The van der Waals surface area contributed by atoms with Gasteiger partial charge in [0.1, 0.15) is 6.04 Å². The smallest absolute Gasteiger partial charge is 0.242 e. The van der Waals surface area contributed by atoms with Gasteiger partial charge in [-0.05, 0) is 19.3 Å². The number of hydrogen-bond donors (Lipinski definition) is 3. The van der Waals surface area contributed by atoms with Crippen molar-refractivity contribution in [2.75, 3.05) is 6.61 Å². The number of rotatable bonds is 6. The molecule has 19 heavy (non-hydrogen) atoms. The van der Waals surface area contributed by atoms with E-state index in [-0.39, 0.29) is 24.5 Å². The second-order valence-electron chi connectivity index (χ2n) is 6.46. The highest BCUT2D eigenvalue weighted by atomic mass is 16.3. The van der Waals surface area contributed by atoms with Crippen LogP contribution in [0.5, 0.6) is 0 Å². The van der Waals surface area contributed by atoms with Crippen molar-refractivity contribution in [1.82, 2.24) is 10.6 Å². The van der Waals surface area contributed by atoms with Crippen molar-refractivity contribution in [1.29, 1.82) is 0 Å². The zero-order chi connectivity index (χ0) is 15.2. The number of nitrogens with one attached hydrogen (secondary N) is 2. The molecule has 0 aromatic heterocycles. The van der Waals surface area contributed by atoms with Crippen LogP contribution in [0.25, 0.3) is 0 Å². The molecular formula is C14H28N2O3. The Balaban J connectivity index is 4.37. The largest absolute Gasteiger partial charge is 0.394 e. The lowest BCUT2D eigenvalue weighted by Crippen LogP contribution is -2.51. The molecule has 0 aromatic carbocycles. The highest BCUT2D eigenvalue weighted by Crippen LogP contribution is 2.12. The first-order chi connectivity index (χ1) is 8.57. The van der Waals surface area contributed by atoms with E-state index < -0.39 is 11.5 Å². The van der Waals surface area contributed by atoms with Crippen molar-refractivity contribution in [2.45, 2.75) is 60.0 Å². The Morgan fingerprint density at radius 3 is 2.00 bits per heavy atom. The van der Waals surface area contributed by atoms with Gasteiger partial charge in [-0.15, -0.1) is 0 Å². The summed E-state index contributed by atoms with van der Waals surface area (Å²) < 4.78 is 0. The first-order valence-corrected chi connectivity index (χ1v) is 6.80. The number of carbonyl (C=O) groups is 2. The van der Waals surface area contributed by atoms with E-state index in [9.17, 15) is 14.7 Å². The summed E-state index contributed by atoms with van der Waals surface area (Å²) in [6, 6.07) is -0.866. The van der Waals surface area contributed by atoms with Crippen LogP contribution in [0.4, 0.5) is 0 Å². The molecule has 0 aliphatic rings. The summed E-state index contributed by atoms with van der Waals surface area (Å²) in [5.74, 6) is -0.0474. The summed E-state index contributed by atoms with van der Waals surface area (Å²) in [7, 11) is 0. The van der Waals surface area contributed by atoms with E-state index in [1.807, 2.05) is 13.8 Å². The van der Waals surface area contributed by atoms with Gasteiger partial charge in [-0.2, -0.15) is 0 Å². The first-order valence-electron chi connectivity index (χ1n) is 6.80. The summed E-state index contributed by atoms with van der Waals surface area (Å²) in [6.07, 6.45) is 0.710. The van der Waals surface area contributed by atoms with Crippen molar-refractivity contribution in [3.8, 4) is 0 Å². The molecule has 5 heteroatoms. The second kappa shape index (κ2) is 7.48. The van der Waals surface area contributed by atoms with Gasteiger partial charge >= 0.3 is 0 Å². The summed E-state index contributed by atoms with van der Waals surface area (Å²) in [4.78, 5) is 23.7. The fourth-order valence-corrected chi connectivity index (χ4v) is 1.55. The average Bonchev–Trinajstić information content (AvgIpc) is 2.25. The zero-order valence-electron chi connectivity index (χ0n) is 12.9. The van der Waals surface area contributed by atoms with Gasteiger partial charge in [0.2, 0.25) is 11.8 Å². The van der Waals surface area contributed by atoms with Crippen molar-refractivity contribution < 1.29 is 14.7 Å². The van der Waals surface area contributed by atoms with Crippen LogP contribution in [0, 0.1) is 11.3 Å². The van der Waals surface area contributed by atoms with Gasteiger partial charge in [0, 0.05) is 5.41 Å². The summed E-state index contributed by atoms with van der Waals surface area (Å²) >= 11 is 0. The molecule has 0 bridgehead atoms. The minimum absolute atomic E-state index is 0.0934. The number of amides is 2. The Kier molecular flexibility index (Phi) is 7.05. The highest BCUT2D eigenvalue weighted by Gasteiger charge is 2.26. The second-order valence-corrected chi connectivity index (χ2v) is 6.46. The standard InChI is InChI=1S/C14H28N2O3/c1-9(2)7-11(8-17)16-12(18)10(3)15-13(19)14(4,5)6/h9-11,17H,7-8H2,1-6H3,(H,15,19)(H,16,18). The molecule has 0 aliphatic heterocycles. The van der Waals surface area contributed by atoms with Gasteiger partial charge in [-0.25, -0.2) is 0 Å². The van der Waals surface area contributed by atoms with Gasteiger partial charge in [0.05, 0.1) is 12.6 Å². The number of hydrogen-bond acceptors (Lipinski definition) is 3. The van der Waals surface area contributed by atoms with E-state index in [0.717, 1.165) is 0 Å². The maximum Gasteiger partial charge on any atom is 0.242 e. The van der Waals surface area contributed by atoms with E-state index in [1.54, 1.807) is 27.7 Å². The van der Waals surface area contributed by atoms with Gasteiger partial charge in [-0.3, -0.25) is 9.59 Å². The van der Waals surface area contributed by atoms with E-state index in [2.05, 4.69) is 10.6 Å². The Morgan fingerprint density at radius 1 is 1.11 bits per heavy atom. The third-order valence-electron chi connectivity index (χ3n) is 2.74. The molecule has 0 aromatic rings. The monoisotopic (exact) mass is 272 g/mol. The summed E-state index contributed by atoms with van der Waals surface area (Å²) in [5.41, 5.74) is -0.525. The molecule has 112 valence electrons. The minimum Gasteiger partial charge on any atom is -0.394 e. The third kappa shape index (κ3) is 7.15. The van der Waals surface area contributed by atoms with Crippen molar-refractivity contribution in [3.05, 3.63) is 0 Å². The zero-order valence-corrected chi connectivity index (χ0v) is 12.9. The molecule has 2 atom stereocenters. The number of carbonyl (C=O) groups excluding carboxylic acids is 2. The molecule has 3 N–H and O–H groups in total. The van der Waals surface area contributed by atoms with Gasteiger partial charge in [0.25, 0.3) is 0 Å². The molecule has 0 heterocycles. The molecule has 0 aliphatic carbocycles. The normalized spacial score (nSPS) is 14.9. The number of aliphatic hydroxyl groups is 1. The predicted molar refractivity (Wildman–Crippen MR) is 75.5 cm³/mol. The van der Waals surface area contributed by atoms with E-state index >= 15 is 0 Å². The van der Waals surface area contributed by atoms with Crippen LogP contribution in [-0.4, -0.2) is 35.6 Å². The lowest BCUT2D eigenvalue weighted by molar-refractivity contribution is -0.133. The van der Waals surface area contributed by atoms with Crippen LogP contribution in [0.2, 0.25) is 0 Å². The molecule has 0 spiro atoms. The molecule has 0 saturated carbocycles. The highest BCUT2D eigenvalue weighted by molar-refractivity contribution is 5.89. The summed E-state index contributed by atoms with van der Waals surface area (Å²) in [6.45, 7) is 11.0. The summed E-state index contributed by atoms with van der Waals surface area (Å²) in [5, 5.41) is 14.6. The van der Waals surface area contributed by atoms with Crippen LogP contribution < -0.4 is 10.6 Å². The average molecular weight is 272 g/mol. The van der Waals surface area contributed by atoms with Crippen LogP contribution in [0.3, 0.4) is 0 Å². The molecular weight excluding hydrogens is 244 g/mol. The van der Waals surface area contributed by atoms with Crippen LogP contribution >= 0.6 is 0 Å². The van der Waals surface area contributed by atoms with Gasteiger partial charge < -0.3 is 15.7 Å². The van der Waals surface area contributed by atoms with Crippen LogP contribution in [-0.2, 0) is 9.59 Å². The molecule has 0 saturated heterocycles. The fraction of sp³-hybridized carbons (Fsp3) is 0.857. The molecule has 0 radical (unpaired) electrons. The Bertz CT molecular complexity index is 308. The van der Waals surface area contributed by atoms with E-state index in [1.165, 1.54) is 0 Å². The Hall–Kier alpha value is -1.10. The van der Waals surface area contributed by atoms with Crippen molar-refractivity contribution >= 4 is 11.8 Å². The minimum atomic E-state index is -0.604. The molecule has 2 unspecified atom stereocenters. The Morgan fingerprint density at radius 2 is 1.63 bits per heavy atom. The fourth-order valence-electron chi connectivity index (χ4n) is 1.55. The third-order valence-corrected chi connectivity index (χ3v) is 2.74. The number of aliphatic hydroxyl groups excluding tert-OH is 1. The molecule has 0 fully saturated rings. The van der Waals surface area contributed by atoms with Crippen molar-refractivity contribution in [2.24, 2.45) is 11.3 Å². The Labute approximate surface area is 116 Å². The molecule has 2 amide bonds. The lowest BCUT2D eigenvalue weighted by atomic mass is 9.95. The van der Waals surface area contributed by atoms with Crippen LogP contribution in [0.15, 0.2) is 0 Å². The van der Waals surface area contributed by atoms with Crippen LogP contribution in [0.1, 0.15) is 48.0 Å². The maximum atomic E-state index is 11.9. The maximum absolute atomic E-state index is 11.9.